The van der Waals surface area contributed by atoms with Crippen molar-refractivity contribution in [1.82, 2.24) is 0 Å². The van der Waals surface area contributed by atoms with Crippen molar-refractivity contribution in [3.63, 3.8) is 0 Å². The summed E-state index contributed by atoms with van der Waals surface area (Å²) in [6.07, 6.45) is 0.167. The fourth-order valence-corrected chi connectivity index (χ4v) is 1.76. The lowest BCUT2D eigenvalue weighted by atomic mass is 10.3. The first-order chi connectivity index (χ1) is 7.90. The Morgan fingerprint density at radius 1 is 1.29 bits per heavy atom. The second-order valence-corrected chi connectivity index (χ2v) is 4.58. The highest BCUT2D eigenvalue weighted by Crippen LogP contribution is 2.36. The average molecular weight is 284 g/mol. The van der Waals surface area contributed by atoms with E-state index < -0.39 is 5.51 Å². The molecule has 1 aromatic rings. The smallest absolute Gasteiger partial charge is 0.326 e. The molecule has 0 saturated carbocycles. The van der Waals surface area contributed by atoms with Gasteiger partial charge < -0.3 is 5.32 Å². The van der Waals surface area contributed by atoms with Crippen molar-refractivity contribution < 1.29 is 18.0 Å². The molecule has 0 spiro atoms. The first-order valence-corrected chi connectivity index (χ1v) is 5.97. The molecule has 2 nitrogen and oxygen atoms in total. The van der Waals surface area contributed by atoms with Crippen LogP contribution in [0.1, 0.15) is 6.42 Å². The number of alkyl halides is 4. The maximum absolute atomic E-state index is 12.0. The predicted molar refractivity (Wildman–Crippen MR) is 62.3 cm³/mol. The molecule has 0 aliphatic carbocycles. The molecule has 0 saturated heterocycles. The largest absolute Gasteiger partial charge is 0.446 e. The Morgan fingerprint density at radius 3 is 2.35 bits per heavy atom. The lowest BCUT2D eigenvalue weighted by Crippen LogP contribution is -2.11. The highest BCUT2D eigenvalue weighted by Gasteiger charge is 2.28. The highest BCUT2D eigenvalue weighted by molar-refractivity contribution is 8.00. The lowest BCUT2D eigenvalue weighted by Gasteiger charge is -2.07. The molecule has 1 aromatic carbocycles. The molecule has 7 heteroatoms. The van der Waals surface area contributed by atoms with Gasteiger partial charge in [-0.3, -0.25) is 4.79 Å². The molecule has 1 rings (SSSR count). The van der Waals surface area contributed by atoms with Crippen molar-refractivity contribution in [3.05, 3.63) is 24.3 Å². The third-order valence-electron chi connectivity index (χ3n) is 1.69. The predicted octanol–water partition coefficient (Wildman–Crippen LogP) is 3.87. The second-order valence-electron chi connectivity index (χ2n) is 3.06. The van der Waals surface area contributed by atoms with Gasteiger partial charge in [0.15, 0.2) is 0 Å². The van der Waals surface area contributed by atoms with Gasteiger partial charge in [-0.25, -0.2) is 0 Å². The summed E-state index contributed by atoms with van der Waals surface area (Å²) >= 11 is 5.18. The number of amides is 1. The number of benzene rings is 1. The van der Waals surface area contributed by atoms with E-state index in [1.807, 2.05) is 0 Å². The maximum Gasteiger partial charge on any atom is 0.446 e. The Hall–Kier alpha value is -0.880. The lowest BCUT2D eigenvalue weighted by molar-refractivity contribution is -0.115. The fourth-order valence-electron chi connectivity index (χ4n) is 1.05. The van der Waals surface area contributed by atoms with Crippen molar-refractivity contribution in [2.75, 3.05) is 11.2 Å². The second kappa shape index (κ2) is 6.16. The summed E-state index contributed by atoms with van der Waals surface area (Å²) in [6.45, 7) is 0. The molecule has 0 bridgehead atoms. The molecule has 17 heavy (non-hydrogen) atoms. The molecule has 94 valence electrons. The number of rotatable bonds is 4. The molecule has 1 N–H and O–H groups in total. The normalized spacial score (nSPS) is 11.3. The zero-order valence-electron chi connectivity index (χ0n) is 8.55. The van der Waals surface area contributed by atoms with E-state index in [9.17, 15) is 18.0 Å². The van der Waals surface area contributed by atoms with Crippen molar-refractivity contribution in [2.45, 2.75) is 16.8 Å². The molecule has 0 unspecified atom stereocenters. The number of hydrogen-bond acceptors (Lipinski definition) is 2. The number of thioether (sulfide) groups is 1. The van der Waals surface area contributed by atoms with E-state index in [0.717, 1.165) is 0 Å². The van der Waals surface area contributed by atoms with E-state index in [-0.39, 0.29) is 34.9 Å². The average Bonchev–Trinajstić information content (AvgIpc) is 2.19. The molecule has 0 aliphatic heterocycles. The third kappa shape index (κ3) is 5.83. The van der Waals surface area contributed by atoms with E-state index in [2.05, 4.69) is 5.32 Å². The zero-order chi connectivity index (χ0) is 12.9. The van der Waals surface area contributed by atoms with E-state index in [1.54, 1.807) is 0 Å². The van der Waals surface area contributed by atoms with Crippen LogP contribution in [0.25, 0.3) is 0 Å². The topological polar surface area (TPSA) is 29.1 Å². The van der Waals surface area contributed by atoms with Crippen LogP contribution >= 0.6 is 23.4 Å². The van der Waals surface area contributed by atoms with Gasteiger partial charge in [-0.15, -0.1) is 11.6 Å². The molecular formula is C10H9ClF3NOS. The summed E-state index contributed by atoms with van der Waals surface area (Å²) in [5.41, 5.74) is -3.85. The summed E-state index contributed by atoms with van der Waals surface area (Å²) in [5, 5.41) is 2.52. The van der Waals surface area contributed by atoms with E-state index in [4.69, 9.17) is 11.6 Å². The summed E-state index contributed by atoms with van der Waals surface area (Å²) in [4.78, 5) is 11.2. The minimum Gasteiger partial charge on any atom is -0.326 e. The molecule has 0 aliphatic rings. The van der Waals surface area contributed by atoms with Gasteiger partial charge in [0.1, 0.15) is 0 Å². The van der Waals surface area contributed by atoms with Crippen molar-refractivity contribution in [2.24, 2.45) is 0 Å². The van der Waals surface area contributed by atoms with Gasteiger partial charge in [-0.05, 0) is 36.0 Å². The van der Waals surface area contributed by atoms with Crippen LogP contribution in [-0.2, 0) is 4.79 Å². The van der Waals surface area contributed by atoms with Crippen molar-refractivity contribution in [1.29, 1.82) is 0 Å². The van der Waals surface area contributed by atoms with Gasteiger partial charge in [0.05, 0.1) is 0 Å². The number of hydrogen-bond donors (Lipinski definition) is 1. The van der Waals surface area contributed by atoms with Crippen molar-refractivity contribution in [3.8, 4) is 0 Å². The molecular weight excluding hydrogens is 275 g/mol. The van der Waals surface area contributed by atoms with Crippen LogP contribution in [0.4, 0.5) is 18.9 Å². The van der Waals surface area contributed by atoms with Crippen molar-refractivity contribution >= 4 is 35.0 Å². The van der Waals surface area contributed by atoms with Crippen LogP contribution in [0, 0.1) is 0 Å². The first-order valence-electron chi connectivity index (χ1n) is 4.62. The van der Waals surface area contributed by atoms with Crippen LogP contribution in [0.15, 0.2) is 29.2 Å². The summed E-state index contributed by atoms with van der Waals surface area (Å²) in [6, 6.07) is 5.43. The maximum atomic E-state index is 12.0. The molecule has 0 aromatic heterocycles. The SMILES string of the molecule is O=C(CCCl)Nc1ccc(SC(F)(F)F)cc1. The van der Waals surface area contributed by atoms with Gasteiger partial charge >= 0.3 is 5.51 Å². The van der Waals surface area contributed by atoms with Crippen LogP contribution in [0.2, 0.25) is 0 Å². The van der Waals surface area contributed by atoms with Crippen LogP contribution in [0.5, 0.6) is 0 Å². The summed E-state index contributed by atoms with van der Waals surface area (Å²) in [7, 11) is 0. The Labute approximate surface area is 106 Å². The Morgan fingerprint density at radius 2 is 1.88 bits per heavy atom. The third-order valence-corrected chi connectivity index (χ3v) is 2.62. The molecule has 0 fully saturated rings. The first kappa shape index (κ1) is 14.2. The minimum atomic E-state index is -4.30. The Kier molecular flexibility index (Phi) is 5.14. The molecule has 0 radical (unpaired) electrons. The number of carbonyl (C=O) groups is 1. The van der Waals surface area contributed by atoms with Gasteiger partial charge in [-0.1, -0.05) is 0 Å². The van der Waals surface area contributed by atoms with Crippen LogP contribution < -0.4 is 5.32 Å². The molecule has 0 heterocycles. The minimum absolute atomic E-state index is 0.0767. The van der Waals surface area contributed by atoms with Gasteiger partial charge in [0, 0.05) is 22.9 Å². The van der Waals surface area contributed by atoms with Gasteiger partial charge in [-0.2, -0.15) is 13.2 Å². The highest BCUT2D eigenvalue weighted by atomic mass is 35.5. The van der Waals surface area contributed by atoms with Gasteiger partial charge in [0.2, 0.25) is 5.91 Å². The Balaban J connectivity index is 2.59. The molecule has 0 atom stereocenters. The van der Waals surface area contributed by atoms with E-state index in [1.165, 1.54) is 24.3 Å². The van der Waals surface area contributed by atoms with Crippen LogP contribution in [-0.4, -0.2) is 17.3 Å². The molecule has 1 amide bonds. The summed E-state index contributed by atoms with van der Waals surface area (Å²) in [5.74, 6) is -0.0652. The quantitative estimate of drug-likeness (QED) is 0.671. The number of carbonyl (C=O) groups excluding carboxylic acids is 1. The van der Waals surface area contributed by atoms with E-state index >= 15 is 0 Å². The van der Waals surface area contributed by atoms with Gasteiger partial charge in [0.25, 0.3) is 0 Å². The van der Waals surface area contributed by atoms with Crippen LogP contribution in [0.3, 0.4) is 0 Å². The Bertz CT molecular complexity index is 380. The monoisotopic (exact) mass is 283 g/mol. The van der Waals surface area contributed by atoms with E-state index in [0.29, 0.717) is 5.69 Å². The number of anilines is 1. The fraction of sp³-hybridized carbons (Fsp3) is 0.300. The summed E-state index contributed by atoms with van der Waals surface area (Å²) < 4.78 is 36.1. The number of halogens is 4. The standard InChI is InChI=1S/C10H9ClF3NOS/c11-6-5-9(16)15-7-1-3-8(4-2-7)17-10(12,13)14/h1-4H,5-6H2,(H,15,16). The number of nitrogens with one attached hydrogen (secondary N) is 1. The zero-order valence-corrected chi connectivity index (χ0v) is 10.1.